The molecule has 0 unspecified atom stereocenters. The van der Waals surface area contributed by atoms with Crippen molar-refractivity contribution in [3.63, 3.8) is 0 Å². The molecule has 3 aromatic rings. The first-order valence-electron chi connectivity index (χ1n) is 5.74. The fourth-order valence-corrected chi connectivity index (χ4v) is 2.25. The first-order valence-corrected chi connectivity index (χ1v) is 6.12. The molecule has 0 fully saturated rings. The number of hydrogen-bond donors (Lipinski definition) is 1. The highest BCUT2D eigenvalue weighted by atomic mass is 35.5. The zero-order chi connectivity index (χ0) is 13.4. The largest absolute Gasteiger partial charge is 0.494 e. The third kappa shape index (κ3) is 1.90. The van der Waals surface area contributed by atoms with Crippen LogP contribution < -0.4 is 10.4 Å². The van der Waals surface area contributed by atoms with Crippen molar-refractivity contribution in [2.45, 2.75) is 0 Å². The second-order valence-electron chi connectivity index (χ2n) is 4.10. The van der Waals surface area contributed by atoms with Gasteiger partial charge in [0.25, 0.3) is 0 Å². The van der Waals surface area contributed by atoms with E-state index in [-0.39, 0.29) is 5.69 Å². The Labute approximate surface area is 114 Å². The number of nitrogens with one attached hydrogen (secondary N) is 1. The van der Waals surface area contributed by atoms with E-state index in [9.17, 15) is 4.79 Å². The molecule has 19 heavy (non-hydrogen) atoms. The zero-order valence-corrected chi connectivity index (χ0v) is 10.9. The van der Waals surface area contributed by atoms with E-state index in [1.54, 1.807) is 35.9 Å². The van der Waals surface area contributed by atoms with Gasteiger partial charge in [-0.05, 0) is 36.4 Å². The smallest absolute Gasteiger partial charge is 0.331 e. The third-order valence-corrected chi connectivity index (χ3v) is 3.24. The number of aromatic nitrogens is 2. The molecule has 1 heterocycles. The number of fused-ring (bicyclic) bond motifs is 1. The summed E-state index contributed by atoms with van der Waals surface area (Å²) < 4.78 is 6.84. The van der Waals surface area contributed by atoms with Crippen molar-refractivity contribution in [1.82, 2.24) is 9.55 Å². The fourth-order valence-electron chi connectivity index (χ4n) is 2.12. The number of rotatable bonds is 2. The molecule has 0 aliphatic rings. The molecule has 0 radical (unpaired) electrons. The van der Waals surface area contributed by atoms with Crippen LogP contribution in [0.5, 0.6) is 5.75 Å². The maximum Gasteiger partial charge on any atom is 0.331 e. The van der Waals surface area contributed by atoms with Crippen molar-refractivity contribution in [2.75, 3.05) is 7.11 Å². The highest BCUT2D eigenvalue weighted by Crippen LogP contribution is 2.24. The maximum absolute atomic E-state index is 12.1. The molecule has 0 bridgehead atoms. The summed E-state index contributed by atoms with van der Waals surface area (Å²) in [6, 6.07) is 12.6. The molecule has 0 amide bonds. The van der Waals surface area contributed by atoms with Crippen molar-refractivity contribution >= 4 is 22.6 Å². The molecule has 0 saturated carbocycles. The standard InChI is InChI=1S/C14H11ClN2O2/c1-19-12-4-2-3-11-13(12)16-14(18)17(11)10-7-5-9(15)6-8-10/h2-8H,1H3,(H,16,18). The zero-order valence-electron chi connectivity index (χ0n) is 10.2. The lowest BCUT2D eigenvalue weighted by Gasteiger charge is -2.04. The van der Waals surface area contributed by atoms with Crippen molar-refractivity contribution in [3.8, 4) is 11.4 Å². The van der Waals surface area contributed by atoms with Gasteiger partial charge in [0.1, 0.15) is 11.3 Å². The summed E-state index contributed by atoms with van der Waals surface area (Å²) in [6.45, 7) is 0. The molecule has 1 aromatic heterocycles. The lowest BCUT2D eigenvalue weighted by Crippen LogP contribution is -2.14. The summed E-state index contributed by atoms with van der Waals surface area (Å²) in [5, 5.41) is 0.634. The number of aromatic amines is 1. The van der Waals surface area contributed by atoms with Crippen LogP contribution in [-0.2, 0) is 0 Å². The number of imidazole rings is 1. The number of hydrogen-bond acceptors (Lipinski definition) is 2. The number of para-hydroxylation sites is 1. The Morgan fingerprint density at radius 2 is 1.89 bits per heavy atom. The summed E-state index contributed by atoms with van der Waals surface area (Å²) in [5.41, 5.74) is 2.01. The van der Waals surface area contributed by atoms with E-state index in [4.69, 9.17) is 16.3 Å². The van der Waals surface area contributed by atoms with Crippen LogP contribution in [0.1, 0.15) is 0 Å². The average Bonchev–Trinajstić information content (AvgIpc) is 2.76. The van der Waals surface area contributed by atoms with Gasteiger partial charge < -0.3 is 9.72 Å². The minimum atomic E-state index is -0.207. The van der Waals surface area contributed by atoms with Crippen LogP contribution in [0.4, 0.5) is 0 Å². The van der Waals surface area contributed by atoms with Crippen LogP contribution in [0.3, 0.4) is 0 Å². The van der Waals surface area contributed by atoms with Crippen LogP contribution in [-0.4, -0.2) is 16.7 Å². The first-order chi connectivity index (χ1) is 9.20. The average molecular weight is 275 g/mol. The van der Waals surface area contributed by atoms with Gasteiger partial charge in [0.05, 0.1) is 18.3 Å². The second kappa shape index (κ2) is 4.48. The van der Waals surface area contributed by atoms with Crippen molar-refractivity contribution < 1.29 is 4.74 Å². The SMILES string of the molecule is COc1cccc2c1[nH]c(=O)n2-c1ccc(Cl)cc1. The molecule has 1 N–H and O–H groups in total. The number of ether oxygens (including phenoxy) is 1. The monoisotopic (exact) mass is 274 g/mol. The molecule has 4 nitrogen and oxygen atoms in total. The van der Waals surface area contributed by atoms with Gasteiger partial charge in [-0.15, -0.1) is 0 Å². The Balaban J connectivity index is 2.32. The Hall–Kier alpha value is -2.20. The van der Waals surface area contributed by atoms with Crippen LogP contribution >= 0.6 is 11.6 Å². The van der Waals surface area contributed by atoms with Crippen LogP contribution in [0.15, 0.2) is 47.3 Å². The van der Waals surface area contributed by atoms with Gasteiger partial charge in [0.2, 0.25) is 0 Å². The Kier molecular flexibility index (Phi) is 2.80. The van der Waals surface area contributed by atoms with Crippen LogP contribution in [0.2, 0.25) is 5.02 Å². The van der Waals surface area contributed by atoms with Gasteiger partial charge in [-0.3, -0.25) is 4.57 Å². The van der Waals surface area contributed by atoms with E-state index < -0.39 is 0 Å². The molecule has 0 spiro atoms. The molecule has 3 rings (SSSR count). The molecular weight excluding hydrogens is 264 g/mol. The highest BCUT2D eigenvalue weighted by molar-refractivity contribution is 6.30. The summed E-state index contributed by atoms with van der Waals surface area (Å²) in [7, 11) is 1.58. The number of halogens is 1. The number of benzene rings is 2. The molecule has 0 aliphatic carbocycles. The van der Waals surface area contributed by atoms with E-state index in [2.05, 4.69) is 4.98 Å². The summed E-state index contributed by atoms with van der Waals surface area (Å²) in [4.78, 5) is 14.9. The van der Waals surface area contributed by atoms with Gasteiger partial charge in [-0.25, -0.2) is 4.79 Å². The maximum atomic E-state index is 12.1. The Morgan fingerprint density at radius 3 is 2.58 bits per heavy atom. The normalized spacial score (nSPS) is 10.8. The quantitative estimate of drug-likeness (QED) is 0.781. The van der Waals surface area contributed by atoms with Crippen LogP contribution in [0.25, 0.3) is 16.7 Å². The highest BCUT2D eigenvalue weighted by Gasteiger charge is 2.11. The predicted molar refractivity (Wildman–Crippen MR) is 75.5 cm³/mol. The second-order valence-corrected chi connectivity index (χ2v) is 4.53. The Bertz CT molecular complexity index is 787. The molecule has 2 aromatic carbocycles. The summed E-state index contributed by atoms with van der Waals surface area (Å²) in [6.07, 6.45) is 0. The van der Waals surface area contributed by atoms with E-state index in [0.717, 1.165) is 11.2 Å². The molecule has 5 heteroatoms. The number of methoxy groups -OCH3 is 1. The number of nitrogens with zero attached hydrogens (tertiary/aromatic N) is 1. The van der Waals surface area contributed by atoms with E-state index in [1.165, 1.54) is 0 Å². The topological polar surface area (TPSA) is 47.0 Å². The van der Waals surface area contributed by atoms with E-state index >= 15 is 0 Å². The fraction of sp³-hybridized carbons (Fsp3) is 0.0714. The van der Waals surface area contributed by atoms with E-state index in [1.807, 2.05) is 18.2 Å². The third-order valence-electron chi connectivity index (χ3n) is 2.98. The van der Waals surface area contributed by atoms with Crippen molar-refractivity contribution in [1.29, 1.82) is 0 Å². The van der Waals surface area contributed by atoms with Crippen LogP contribution in [0, 0.1) is 0 Å². The minimum absolute atomic E-state index is 0.207. The minimum Gasteiger partial charge on any atom is -0.494 e. The molecule has 0 saturated heterocycles. The molecule has 0 atom stereocenters. The van der Waals surface area contributed by atoms with Crippen molar-refractivity contribution in [3.05, 3.63) is 58.0 Å². The van der Waals surface area contributed by atoms with E-state index in [0.29, 0.717) is 16.3 Å². The molecular formula is C14H11ClN2O2. The summed E-state index contributed by atoms with van der Waals surface area (Å²) in [5.74, 6) is 0.641. The first kappa shape index (κ1) is 11.9. The van der Waals surface area contributed by atoms with Gasteiger partial charge in [-0.1, -0.05) is 17.7 Å². The lowest BCUT2D eigenvalue weighted by molar-refractivity contribution is 0.419. The molecule has 96 valence electrons. The van der Waals surface area contributed by atoms with Gasteiger partial charge >= 0.3 is 5.69 Å². The van der Waals surface area contributed by atoms with Crippen molar-refractivity contribution in [2.24, 2.45) is 0 Å². The molecule has 0 aliphatic heterocycles. The van der Waals surface area contributed by atoms with Gasteiger partial charge in [0, 0.05) is 5.02 Å². The summed E-state index contributed by atoms with van der Waals surface area (Å²) >= 11 is 5.86. The predicted octanol–water partition coefficient (Wildman–Crippen LogP) is 2.98. The van der Waals surface area contributed by atoms with Gasteiger partial charge in [0.15, 0.2) is 0 Å². The Morgan fingerprint density at radius 1 is 1.16 bits per heavy atom. The lowest BCUT2D eigenvalue weighted by atomic mass is 10.2. The number of H-pyrrole nitrogens is 1. The van der Waals surface area contributed by atoms with Gasteiger partial charge in [-0.2, -0.15) is 0 Å².